The number of amides is 1. The molecule has 4 rings (SSSR count). The number of aromatic amines is 1. The number of benzene rings is 1. The van der Waals surface area contributed by atoms with Gasteiger partial charge in [0.1, 0.15) is 6.04 Å². The van der Waals surface area contributed by atoms with Crippen molar-refractivity contribution in [2.24, 2.45) is 0 Å². The van der Waals surface area contributed by atoms with E-state index in [4.69, 9.17) is 0 Å². The predicted octanol–water partition coefficient (Wildman–Crippen LogP) is 4.01. The normalized spacial score (nSPS) is 16.8. The van der Waals surface area contributed by atoms with E-state index >= 15 is 0 Å². The van der Waals surface area contributed by atoms with Gasteiger partial charge in [0.05, 0.1) is 17.4 Å². The summed E-state index contributed by atoms with van der Waals surface area (Å²) in [5.74, 6) is 1.05. The Morgan fingerprint density at radius 2 is 2.08 bits per heavy atom. The largest absolute Gasteiger partial charge is 0.318 e. The third-order valence-corrected chi connectivity index (χ3v) is 5.17. The summed E-state index contributed by atoms with van der Waals surface area (Å²) >= 11 is 0. The van der Waals surface area contributed by atoms with Gasteiger partial charge in [0.15, 0.2) is 5.82 Å². The van der Waals surface area contributed by atoms with Crippen LogP contribution in [-0.2, 0) is 4.79 Å². The zero-order chi connectivity index (χ0) is 17.2. The zero-order valence-corrected chi connectivity index (χ0v) is 14.4. The summed E-state index contributed by atoms with van der Waals surface area (Å²) in [6, 6.07) is 9.44. The van der Waals surface area contributed by atoms with Crippen LogP contribution in [0.15, 0.2) is 36.7 Å². The van der Waals surface area contributed by atoms with Gasteiger partial charge in [0.2, 0.25) is 5.91 Å². The highest BCUT2D eigenvalue weighted by atomic mass is 16.2. The number of H-pyrrole nitrogens is 1. The third kappa shape index (κ3) is 3.16. The van der Waals surface area contributed by atoms with Crippen molar-refractivity contribution in [3.63, 3.8) is 0 Å². The number of para-hydroxylation sites is 2. The van der Waals surface area contributed by atoms with Crippen LogP contribution in [0.5, 0.6) is 0 Å². The van der Waals surface area contributed by atoms with Crippen molar-refractivity contribution in [3.05, 3.63) is 42.4 Å². The van der Waals surface area contributed by atoms with E-state index in [2.05, 4.69) is 20.5 Å². The molecule has 1 amide bonds. The molecule has 1 atom stereocenters. The number of hydrogen-bond acceptors (Lipinski definition) is 3. The molecule has 1 aromatic carbocycles. The maximum atomic E-state index is 12.6. The Morgan fingerprint density at radius 1 is 1.28 bits per heavy atom. The summed E-state index contributed by atoms with van der Waals surface area (Å²) in [5.41, 5.74) is 2.98. The van der Waals surface area contributed by atoms with Crippen LogP contribution in [0.3, 0.4) is 0 Å². The molecule has 0 spiro atoms. The summed E-state index contributed by atoms with van der Waals surface area (Å²) in [5, 5.41) is 10.3. The first kappa shape index (κ1) is 15.9. The van der Waals surface area contributed by atoms with E-state index in [9.17, 15) is 4.79 Å². The molecule has 0 aliphatic heterocycles. The Labute approximate surface area is 146 Å². The van der Waals surface area contributed by atoms with Gasteiger partial charge < -0.3 is 9.88 Å². The van der Waals surface area contributed by atoms with Crippen molar-refractivity contribution in [3.8, 4) is 0 Å². The Bertz CT molecular complexity index is 875. The van der Waals surface area contributed by atoms with Crippen LogP contribution in [-0.4, -0.2) is 25.7 Å². The van der Waals surface area contributed by atoms with Gasteiger partial charge in [-0.25, -0.2) is 4.98 Å². The van der Waals surface area contributed by atoms with Crippen LogP contribution in [0, 0.1) is 0 Å². The van der Waals surface area contributed by atoms with Crippen molar-refractivity contribution in [1.82, 2.24) is 19.7 Å². The number of rotatable bonds is 4. The minimum Gasteiger partial charge on any atom is -0.318 e. The lowest BCUT2D eigenvalue weighted by Gasteiger charge is -2.19. The lowest BCUT2D eigenvalue weighted by atomic mass is 9.87. The first-order valence-electron chi connectivity index (χ1n) is 9.00. The van der Waals surface area contributed by atoms with E-state index in [-0.39, 0.29) is 11.9 Å². The minimum atomic E-state index is -0.359. The van der Waals surface area contributed by atoms with Crippen LogP contribution < -0.4 is 5.32 Å². The molecule has 0 saturated heterocycles. The van der Waals surface area contributed by atoms with E-state index in [1.54, 1.807) is 6.33 Å². The summed E-state index contributed by atoms with van der Waals surface area (Å²) in [7, 11) is 0. The van der Waals surface area contributed by atoms with Crippen molar-refractivity contribution in [2.75, 3.05) is 5.32 Å². The summed E-state index contributed by atoms with van der Waals surface area (Å²) < 4.78 is 1.89. The van der Waals surface area contributed by atoms with Gasteiger partial charge in [0.25, 0.3) is 0 Å². The third-order valence-electron chi connectivity index (χ3n) is 5.17. The molecular formula is C19H23N5O. The van der Waals surface area contributed by atoms with Crippen molar-refractivity contribution in [1.29, 1.82) is 0 Å². The molecule has 2 N–H and O–H groups in total. The fourth-order valence-corrected chi connectivity index (χ4v) is 3.67. The van der Waals surface area contributed by atoms with E-state index in [0.29, 0.717) is 11.7 Å². The molecule has 2 aromatic heterocycles. The molecule has 1 aliphatic rings. The number of anilines is 1. The first-order valence-corrected chi connectivity index (χ1v) is 9.00. The van der Waals surface area contributed by atoms with Gasteiger partial charge in [-0.15, -0.1) is 0 Å². The minimum absolute atomic E-state index is 0.0927. The number of carbonyl (C=O) groups is 1. The van der Waals surface area contributed by atoms with Gasteiger partial charge in [-0.2, -0.15) is 5.10 Å². The highest BCUT2D eigenvalue weighted by Gasteiger charge is 2.21. The summed E-state index contributed by atoms with van der Waals surface area (Å²) in [4.78, 5) is 17.0. The maximum Gasteiger partial charge on any atom is 0.248 e. The molecule has 1 unspecified atom stereocenters. The Morgan fingerprint density at radius 3 is 2.92 bits per heavy atom. The van der Waals surface area contributed by atoms with Crippen LogP contribution in [0.25, 0.3) is 11.0 Å². The van der Waals surface area contributed by atoms with E-state index in [1.807, 2.05) is 41.8 Å². The number of imidazole rings is 1. The topological polar surface area (TPSA) is 75.6 Å². The van der Waals surface area contributed by atoms with Gasteiger partial charge >= 0.3 is 0 Å². The molecule has 3 aromatic rings. The smallest absolute Gasteiger partial charge is 0.248 e. The Balaban J connectivity index is 1.47. The SMILES string of the molecule is CC(C(=O)Nc1cc(C2CCCCC2)[nH]n1)n1cnc2ccccc21. The van der Waals surface area contributed by atoms with Crippen LogP contribution in [0.4, 0.5) is 5.82 Å². The number of aromatic nitrogens is 4. The fraction of sp³-hybridized carbons (Fsp3) is 0.421. The zero-order valence-electron chi connectivity index (χ0n) is 14.4. The Kier molecular flexibility index (Phi) is 4.26. The molecule has 1 aliphatic carbocycles. The van der Waals surface area contributed by atoms with Crippen LogP contribution in [0.2, 0.25) is 0 Å². The van der Waals surface area contributed by atoms with Gasteiger partial charge in [-0.05, 0) is 31.9 Å². The average molecular weight is 337 g/mol. The highest BCUT2D eigenvalue weighted by molar-refractivity contribution is 5.93. The number of nitrogens with one attached hydrogen (secondary N) is 2. The van der Waals surface area contributed by atoms with Gasteiger partial charge in [-0.3, -0.25) is 9.89 Å². The molecule has 1 saturated carbocycles. The van der Waals surface area contributed by atoms with E-state index in [1.165, 1.54) is 32.1 Å². The summed E-state index contributed by atoms with van der Waals surface area (Å²) in [6.45, 7) is 1.87. The van der Waals surface area contributed by atoms with Gasteiger partial charge in [0, 0.05) is 17.7 Å². The molecule has 0 bridgehead atoms. The molecular weight excluding hydrogens is 314 g/mol. The number of nitrogens with zero attached hydrogens (tertiary/aromatic N) is 3. The molecule has 6 nitrogen and oxygen atoms in total. The molecule has 25 heavy (non-hydrogen) atoms. The Hall–Kier alpha value is -2.63. The number of carbonyl (C=O) groups excluding carboxylic acids is 1. The van der Waals surface area contributed by atoms with Crippen molar-refractivity contribution >= 4 is 22.8 Å². The van der Waals surface area contributed by atoms with Crippen molar-refractivity contribution in [2.45, 2.75) is 51.0 Å². The van der Waals surface area contributed by atoms with Crippen LogP contribution >= 0.6 is 0 Å². The van der Waals surface area contributed by atoms with Gasteiger partial charge in [-0.1, -0.05) is 31.4 Å². The van der Waals surface area contributed by atoms with E-state index in [0.717, 1.165) is 16.7 Å². The fourth-order valence-electron chi connectivity index (χ4n) is 3.67. The van der Waals surface area contributed by atoms with E-state index < -0.39 is 0 Å². The standard InChI is InChI=1S/C19H23N5O/c1-13(24-12-20-15-9-5-6-10-17(15)24)19(25)21-18-11-16(22-23-18)14-7-3-2-4-8-14/h5-6,9-14H,2-4,7-8H2,1H3,(H2,21,22,23,25). The maximum absolute atomic E-state index is 12.6. The van der Waals surface area contributed by atoms with Crippen molar-refractivity contribution < 1.29 is 4.79 Å². The number of hydrogen-bond donors (Lipinski definition) is 2. The lowest BCUT2D eigenvalue weighted by molar-refractivity contribution is -0.118. The second kappa shape index (κ2) is 6.70. The highest BCUT2D eigenvalue weighted by Crippen LogP contribution is 2.32. The molecule has 0 radical (unpaired) electrons. The van der Waals surface area contributed by atoms with Crippen LogP contribution in [0.1, 0.15) is 56.7 Å². The summed E-state index contributed by atoms with van der Waals surface area (Å²) in [6.07, 6.45) is 7.99. The monoisotopic (exact) mass is 337 g/mol. The molecule has 130 valence electrons. The molecule has 2 heterocycles. The quantitative estimate of drug-likeness (QED) is 0.755. The number of fused-ring (bicyclic) bond motifs is 1. The molecule has 6 heteroatoms. The first-order chi connectivity index (χ1) is 12.2. The predicted molar refractivity (Wildman–Crippen MR) is 97.5 cm³/mol. The average Bonchev–Trinajstić information content (AvgIpc) is 3.29. The molecule has 1 fully saturated rings. The second-order valence-corrected chi connectivity index (χ2v) is 6.85. The second-order valence-electron chi connectivity index (χ2n) is 6.85. The lowest BCUT2D eigenvalue weighted by Crippen LogP contribution is -2.23.